The van der Waals surface area contributed by atoms with E-state index in [0.29, 0.717) is 5.56 Å². The fourth-order valence-electron chi connectivity index (χ4n) is 1.45. The van der Waals surface area contributed by atoms with Gasteiger partial charge in [-0.15, -0.1) is 0 Å². The molecule has 82 valence electrons. The highest BCUT2D eigenvalue weighted by atomic mass is 32.3. The van der Waals surface area contributed by atoms with Gasteiger partial charge in [-0.1, -0.05) is 30.3 Å². The molecule has 1 heterocycles. The summed E-state index contributed by atoms with van der Waals surface area (Å²) in [4.78, 5) is 0. The second kappa shape index (κ2) is 3.90. The molecule has 1 aromatic carbocycles. The van der Waals surface area contributed by atoms with Crippen LogP contribution in [-0.4, -0.2) is 26.2 Å². The molecule has 0 spiro atoms. The smallest absolute Gasteiger partial charge is 0.393 e. The Morgan fingerprint density at radius 2 is 1.87 bits per heavy atom. The van der Waals surface area contributed by atoms with Gasteiger partial charge in [0.25, 0.3) is 0 Å². The fraction of sp³-hybridized carbons (Fsp3) is 0.333. The zero-order valence-corrected chi connectivity index (χ0v) is 8.55. The first-order valence-electron chi connectivity index (χ1n) is 4.40. The normalized spacial score (nSPS) is 29.1. The van der Waals surface area contributed by atoms with Crippen molar-refractivity contribution in [2.45, 2.75) is 12.2 Å². The summed E-state index contributed by atoms with van der Waals surface area (Å²) in [6, 6.07) is 8.77. The van der Waals surface area contributed by atoms with Crippen LogP contribution in [0.4, 0.5) is 0 Å². The van der Waals surface area contributed by atoms with Crippen molar-refractivity contribution in [3.8, 4) is 0 Å². The molecule has 0 bridgehead atoms. The Bertz CT molecular complexity index is 427. The Morgan fingerprint density at radius 3 is 2.47 bits per heavy atom. The molecule has 1 aliphatic heterocycles. The molecule has 2 atom stereocenters. The lowest BCUT2D eigenvalue weighted by Gasteiger charge is -2.11. The van der Waals surface area contributed by atoms with Gasteiger partial charge in [0, 0.05) is 0 Å². The molecule has 5 nitrogen and oxygen atoms in total. The van der Waals surface area contributed by atoms with E-state index in [-0.39, 0.29) is 0 Å². The highest BCUT2D eigenvalue weighted by Gasteiger charge is 2.40. The lowest BCUT2D eigenvalue weighted by atomic mass is 10.1. The molecule has 1 aromatic rings. The molecular formula is C9H10O5S. The summed E-state index contributed by atoms with van der Waals surface area (Å²) in [6.07, 6.45) is -1.63. The molecule has 1 aliphatic rings. The SMILES string of the molecule is O=S1(=O)O[C@H](c2ccccc2)[C@@H](CO)O1. The van der Waals surface area contributed by atoms with Crippen LogP contribution in [0.2, 0.25) is 0 Å². The van der Waals surface area contributed by atoms with Crippen LogP contribution in [0.25, 0.3) is 0 Å². The van der Waals surface area contributed by atoms with Crippen molar-refractivity contribution in [1.82, 2.24) is 0 Å². The van der Waals surface area contributed by atoms with Crippen LogP contribution in [0, 0.1) is 0 Å². The van der Waals surface area contributed by atoms with Gasteiger partial charge in [0.05, 0.1) is 6.61 Å². The minimum atomic E-state index is -3.96. The molecule has 6 heteroatoms. The number of aliphatic hydroxyl groups excluding tert-OH is 1. The zero-order valence-electron chi connectivity index (χ0n) is 7.74. The Labute approximate surface area is 87.6 Å². The van der Waals surface area contributed by atoms with Crippen molar-refractivity contribution in [2.24, 2.45) is 0 Å². The molecule has 1 saturated heterocycles. The van der Waals surface area contributed by atoms with Crippen LogP contribution in [0.1, 0.15) is 11.7 Å². The van der Waals surface area contributed by atoms with Crippen molar-refractivity contribution in [1.29, 1.82) is 0 Å². The lowest BCUT2D eigenvalue weighted by Crippen LogP contribution is -2.19. The van der Waals surface area contributed by atoms with E-state index in [9.17, 15) is 8.42 Å². The summed E-state index contributed by atoms with van der Waals surface area (Å²) in [6.45, 7) is -0.404. The quantitative estimate of drug-likeness (QED) is 0.795. The van der Waals surface area contributed by atoms with Gasteiger partial charge in [-0.25, -0.2) is 8.37 Å². The molecular weight excluding hydrogens is 220 g/mol. The van der Waals surface area contributed by atoms with Crippen LogP contribution >= 0.6 is 0 Å². The van der Waals surface area contributed by atoms with Crippen LogP contribution in [0.15, 0.2) is 30.3 Å². The molecule has 0 radical (unpaired) electrons. The third-order valence-corrected chi connectivity index (χ3v) is 3.03. The molecule has 15 heavy (non-hydrogen) atoms. The molecule has 0 amide bonds. The average molecular weight is 230 g/mol. The first kappa shape index (κ1) is 10.6. The van der Waals surface area contributed by atoms with Crippen LogP contribution < -0.4 is 0 Å². The summed E-state index contributed by atoms with van der Waals surface area (Å²) in [7, 11) is -3.96. The van der Waals surface area contributed by atoms with Gasteiger partial charge in [0.2, 0.25) is 0 Å². The van der Waals surface area contributed by atoms with E-state index < -0.39 is 29.2 Å². The largest absolute Gasteiger partial charge is 0.401 e. The number of rotatable bonds is 2. The van der Waals surface area contributed by atoms with Crippen molar-refractivity contribution >= 4 is 10.4 Å². The van der Waals surface area contributed by atoms with Crippen molar-refractivity contribution < 1.29 is 21.9 Å². The molecule has 1 N–H and O–H groups in total. The Balaban J connectivity index is 2.30. The Morgan fingerprint density at radius 1 is 1.20 bits per heavy atom. The summed E-state index contributed by atoms with van der Waals surface area (Å²) < 4.78 is 31.3. The number of benzene rings is 1. The minimum absolute atomic E-state index is 0.404. The van der Waals surface area contributed by atoms with E-state index in [0.717, 1.165) is 0 Å². The van der Waals surface area contributed by atoms with E-state index in [1.165, 1.54) is 0 Å². The highest BCUT2D eigenvalue weighted by Crippen LogP contribution is 2.32. The minimum Gasteiger partial charge on any atom is -0.393 e. The van der Waals surface area contributed by atoms with Crippen molar-refractivity contribution in [3.63, 3.8) is 0 Å². The van der Waals surface area contributed by atoms with Crippen molar-refractivity contribution in [2.75, 3.05) is 6.61 Å². The van der Waals surface area contributed by atoms with E-state index >= 15 is 0 Å². The maximum absolute atomic E-state index is 11.0. The summed E-state index contributed by atoms with van der Waals surface area (Å²) >= 11 is 0. The molecule has 0 aliphatic carbocycles. The van der Waals surface area contributed by atoms with Gasteiger partial charge in [0.15, 0.2) is 0 Å². The fourth-order valence-corrected chi connectivity index (χ4v) is 2.45. The standard InChI is InChI=1S/C9H10O5S/c10-6-8-9(14-15(11,12)13-8)7-4-2-1-3-5-7/h1-5,8-10H,6H2/t8-,9-/m1/s1. The van der Waals surface area contributed by atoms with Gasteiger partial charge in [0.1, 0.15) is 12.2 Å². The topological polar surface area (TPSA) is 72.8 Å². The third kappa shape index (κ3) is 2.18. The lowest BCUT2D eigenvalue weighted by molar-refractivity contribution is 0.0892. The molecule has 0 unspecified atom stereocenters. The van der Waals surface area contributed by atoms with E-state index in [1.54, 1.807) is 24.3 Å². The number of hydrogen-bond acceptors (Lipinski definition) is 5. The van der Waals surface area contributed by atoms with Gasteiger partial charge in [-0.2, -0.15) is 8.42 Å². The Kier molecular flexibility index (Phi) is 2.74. The number of hydrogen-bond donors (Lipinski definition) is 1. The van der Waals surface area contributed by atoms with Crippen LogP contribution in [0.3, 0.4) is 0 Å². The summed E-state index contributed by atoms with van der Waals surface area (Å²) in [5.74, 6) is 0. The second-order valence-corrected chi connectivity index (χ2v) is 4.35. The predicted octanol–water partition coefficient (Wildman–Crippen LogP) is 0.380. The number of aliphatic hydroxyl groups is 1. The zero-order chi connectivity index (χ0) is 10.9. The highest BCUT2D eigenvalue weighted by molar-refractivity contribution is 7.82. The van der Waals surface area contributed by atoms with Gasteiger partial charge >= 0.3 is 10.4 Å². The average Bonchev–Trinajstić information content (AvgIpc) is 2.55. The van der Waals surface area contributed by atoms with E-state index in [4.69, 9.17) is 9.29 Å². The summed E-state index contributed by atoms with van der Waals surface area (Å²) in [5.41, 5.74) is 0.664. The maximum Gasteiger partial charge on any atom is 0.401 e. The first-order chi connectivity index (χ1) is 7.12. The van der Waals surface area contributed by atoms with Crippen molar-refractivity contribution in [3.05, 3.63) is 35.9 Å². The van der Waals surface area contributed by atoms with Crippen LogP contribution in [-0.2, 0) is 18.8 Å². The van der Waals surface area contributed by atoms with E-state index in [1.807, 2.05) is 6.07 Å². The molecule has 0 aromatic heterocycles. The third-order valence-electron chi connectivity index (χ3n) is 2.11. The molecule has 2 rings (SSSR count). The monoisotopic (exact) mass is 230 g/mol. The van der Waals surface area contributed by atoms with E-state index in [2.05, 4.69) is 4.18 Å². The summed E-state index contributed by atoms with van der Waals surface area (Å²) in [5, 5.41) is 8.96. The van der Waals surface area contributed by atoms with Gasteiger partial charge in [-0.3, -0.25) is 0 Å². The maximum atomic E-state index is 11.0. The first-order valence-corrected chi connectivity index (χ1v) is 5.73. The van der Waals surface area contributed by atoms with Gasteiger partial charge in [-0.05, 0) is 5.56 Å². The molecule has 0 saturated carbocycles. The molecule has 1 fully saturated rings. The Hall–Kier alpha value is -0.950. The predicted molar refractivity (Wildman–Crippen MR) is 51.1 cm³/mol. The second-order valence-electron chi connectivity index (χ2n) is 3.15. The van der Waals surface area contributed by atoms with Crippen LogP contribution in [0.5, 0.6) is 0 Å². The van der Waals surface area contributed by atoms with Gasteiger partial charge < -0.3 is 5.11 Å².